The molecular formula is C78H82Cl3N13O14. The summed E-state index contributed by atoms with van der Waals surface area (Å²) in [5.41, 5.74) is 3.41. The third-order valence-electron chi connectivity index (χ3n) is 19.1. The quantitative estimate of drug-likeness (QED) is 0.0413. The third-order valence-corrected chi connectivity index (χ3v) is 20.1. The molecule has 27 nitrogen and oxygen atoms in total. The topological polar surface area (TPSA) is 278 Å². The van der Waals surface area contributed by atoms with Gasteiger partial charge in [0.25, 0.3) is 23.3 Å². The Morgan fingerprint density at radius 2 is 1.00 bits per heavy atom. The summed E-state index contributed by atoms with van der Waals surface area (Å²) in [6, 6.07) is 42.5. The molecule has 0 bridgehead atoms. The molecule has 3 aliphatic heterocycles. The second kappa shape index (κ2) is 34.6. The van der Waals surface area contributed by atoms with Crippen molar-refractivity contribution in [1.29, 1.82) is 0 Å². The summed E-state index contributed by atoms with van der Waals surface area (Å²) < 4.78 is 20.3. The number of benzene rings is 6. The van der Waals surface area contributed by atoms with Gasteiger partial charge in [0.05, 0.1) is 68.7 Å². The SMILES string of the molecule is CCOC(=O)c1c(N2CCN(C(=O)c3ccc(Cl)c(Cl)c3)CC2)c2cc(C)ccc2n(CCN(C)C)c1=O.CN(C)CCn1c(=O)c([N+](=O)[O-])c(N2CCN(C(=O)c3ccco3)CC2)c2ccccc21.COc1ccc(C(=O)N2CCN(c3c([N+](=O)[O-])c(=O)n(Cc4ccccc4)c4ccc(Cl)cc34)CC2)cc1. The Balaban J connectivity index is 0.000000162. The number of esters is 1. The lowest BCUT2D eigenvalue weighted by Crippen LogP contribution is -2.50. The summed E-state index contributed by atoms with van der Waals surface area (Å²) >= 11 is 18.5. The van der Waals surface area contributed by atoms with Crippen molar-refractivity contribution in [3.63, 3.8) is 0 Å². The van der Waals surface area contributed by atoms with Crippen LogP contribution in [-0.4, -0.2) is 205 Å². The maximum Gasteiger partial charge on any atom is 0.357 e. The average Bonchev–Trinajstić information content (AvgIpc) is 0.768. The zero-order valence-electron chi connectivity index (χ0n) is 60.8. The molecule has 0 radical (unpaired) electrons. The standard InChI is InChI=1S/C28H32Cl2N4O4.C28H25ClN4O5.C22H25N5O5/c1-5-38-28(37)24-25(20-16-18(2)6-9-23(20)34(27(24)36)15-10-31(3)4)32-11-13-33(14-12-32)26(35)19-7-8-21(29)22(30)17-19;1-38-22-10-7-20(8-11-22)27(34)31-15-13-30(14-16-31)25-23-17-21(29)9-12-24(23)32(28(35)26(25)33(36)37)18-19-5-3-2-4-6-19;1-23(2)9-14-26-17-7-4-3-6-16(17)19(20(22(26)29)27(30)31)24-10-12-25(13-11-24)21(28)18-8-5-15-32-18/h6-9,16-17H,5,10-15H2,1-4H3;2-12,17H,13-16,18H2,1H3;3-8,15H,9-14H2,1-2H3. The number of rotatable bonds is 19. The molecule has 7 heterocycles. The van der Waals surface area contributed by atoms with Crippen molar-refractivity contribution in [1.82, 2.24) is 38.2 Å². The number of ether oxygens (including phenoxy) is 2. The fourth-order valence-electron chi connectivity index (χ4n) is 13.7. The van der Waals surface area contributed by atoms with Crippen LogP contribution in [0, 0.1) is 27.2 Å². The van der Waals surface area contributed by atoms with Gasteiger partial charge in [0.2, 0.25) is 0 Å². The molecule has 0 aliphatic carbocycles. The van der Waals surface area contributed by atoms with Gasteiger partial charge in [-0.1, -0.05) is 95.0 Å². The highest BCUT2D eigenvalue weighted by Gasteiger charge is 2.36. The van der Waals surface area contributed by atoms with Gasteiger partial charge in [-0.05, 0) is 139 Å². The van der Waals surface area contributed by atoms with Crippen LogP contribution >= 0.6 is 34.8 Å². The molecular weight excluding hydrogens is 1450 g/mol. The minimum atomic E-state index is -0.680. The molecule has 4 aromatic heterocycles. The fraction of sp³-hybridized carbons (Fsp3) is 0.321. The van der Waals surface area contributed by atoms with E-state index in [9.17, 15) is 53.8 Å². The van der Waals surface area contributed by atoms with Gasteiger partial charge in [-0.15, -0.1) is 0 Å². The molecule has 3 amide bonds. The van der Waals surface area contributed by atoms with Crippen LogP contribution in [-0.2, 0) is 24.4 Å². The summed E-state index contributed by atoms with van der Waals surface area (Å²) in [5, 5.41) is 27.4. The Kier molecular flexibility index (Phi) is 25.0. The highest BCUT2D eigenvalue weighted by atomic mass is 35.5. The molecule has 0 atom stereocenters. The monoisotopic (exact) mass is 1530 g/mol. The third kappa shape index (κ3) is 17.1. The van der Waals surface area contributed by atoms with Crippen molar-refractivity contribution in [2.75, 3.05) is 148 Å². The minimum absolute atomic E-state index is 0.0352. The molecule has 108 heavy (non-hydrogen) atoms. The lowest BCUT2D eigenvalue weighted by atomic mass is 10.0. The van der Waals surface area contributed by atoms with E-state index in [2.05, 4.69) is 0 Å². The number of aryl methyl sites for hydroxylation is 1. The number of nitro groups is 2. The molecule has 3 saturated heterocycles. The molecule has 30 heteroatoms. The molecule has 3 aliphatic rings. The number of pyridine rings is 3. The van der Waals surface area contributed by atoms with E-state index < -0.39 is 38.3 Å². The molecule has 0 unspecified atom stereocenters. The van der Waals surface area contributed by atoms with Gasteiger partial charge in [0.15, 0.2) is 5.76 Å². The lowest BCUT2D eigenvalue weighted by molar-refractivity contribution is -0.385. The van der Waals surface area contributed by atoms with E-state index in [1.807, 2.05) is 132 Å². The Hall–Kier alpha value is -11.1. The van der Waals surface area contributed by atoms with E-state index in [1.54, 1.807) is 106 Å². The Morgan fingerprint density at radius 1 is 0.509 bits per heavy atom. The van der Waals surface area contributed by atoms with E-state index in [1.165, 1.54) is 15.4 Å². The highest BCUT2D eigenvalue weighted by molar-refractivity contribution is 6.42. The number of fused-ring (bicyclic) bond motifs is 3. The molecule has 10 aromatic rings. The van der Waals surface area contributed by atoms with E-state index in [4.69, 9.17) is 48.7 Å². The number of nitrogens with zero attached hydrogens (tertiary/aromatic N) is 13. The Labute approximate surface area is 636 Å². The van der Waals surface area contributed by atoms with Gasteiger partial charge in [-0.25, -0.2) is 4.79 Å². The number of methoxy groups -OCH3 is 1. The van der Waals surface area contributed by atoms with Crippen molar-refractivity contribution >= 4 is 120 Å². The van der Waals surface area contributed by atoms with Crippen LogP contribution in [0.3, 0.4) is 0 Å². The summed E-state index contributed by atoms with van der Waals surface area (Å²) in [7, 11) is 9.22. The smallest absolute Gasteiger partial charge is 0.357 e. The van der Waals surface area contributed by atoms with Crippen molar-refractivity contribution in [2.24, 2.45) is 0 Å². The number of aromatic nitrogens is 3. The normalized spacial score (nSPS) is 13.9. The number of para-hydroxylation sites is 1. The maximum absolute atomic E-state index is 13.8. The number of carbonyl (C=O) groups is 4. The summed E-state index contributed by atoms with van der Waals surface area (Å²) in [6.45, 7) is 10.6. The van der Waals surface area contributed by atoms with E-state index in [-0.39, 0.29) is 53.4 Å². The van der Waals surface area contributed by atoms with Crippen LogP contribution in [0.2, 0.25) is 15.1 Å². The molecule has 6 aromatic carbocycles. The van der Waals surface area contributed by atoms with Gasteiger partial charge < -0.3 is 62.2 Å². The summed E-state index contributed by atoms with van der Waals surface area (Å²) in [6.07, 6.45) is 1.45. The van der Waals surface area contributed by atoms with Gasteiger partial charge in [0, 0.05) is 137 Å². The molecule has 564 valence electrons. The van der Waals surface area contributed by atoms with Gasteiger partial charge in [0.1, 0.15) is 22.7 Å². The number of anilines is 3. The number of piperazine rings is 3. The van der Waals surface area contributed by atoms with Crippen molar-refractivity contribution in [3.05, 3.63) is 252 Å². The molecule has 0 saturated carbocycles. The van der Waals surface area contributed by atoms with Crippen molar-refractivity contribution in [2.45, 2.75) is 33.5 Å². The number of hydrogen-bond donors (Lipinski definition) is 0. The first-order chi connectivity index (χ1) is 51.9. The molecule has 13 rings (SSSR count). The van der Waals surface area contributed by atoms with Crippen LogP contribution in [0.15, 0.2) is 171 Å². The van der Waals surface area contributed by atoms with E-state index in [0.29, 0.717) is 170 Å². The number of hydrogen-bond acceptors (Lipinski definition) is 19. The highest BCUT2D eigenvalue weighted by Crippen LogP contribution is 2.39. The van der Waals surface area contributed by atoms with Gasteiger partial charge in [-0.3, -0.25) is 53.6 Å². The van der Waals surface area contributed by atoms with Gasteiger partial charge >= 0.3 is 28.5 Å². The number of likely N-dealkylation sites (N-methyl/N-ethyl adjacent to an activating group) is 2. The Morgan fingerprint density at radius 3 is 1.55 bits per heavy atom. The summed E-state index contributed by atoms with van der Waals surface area (Å²) in [4.78, 5) is 130. The van der Waals surface area contributed by atoms with Gasteiger partial charge in [-0.2, -0.15) is 0 Å². The van der Waals surface area contributed by atoms with Crippen LogP contribution in [0.1, 0.15) is 59.7 Å². The van der Waals surface area contributed by atoms with Crippen LogP contribution in [0.25, 0.3) is 32.7 Å². The van der Waals surface area contributed by atoms with Crippen LogP contribution in [0.4, 0.5) is 28.4 Å². The van der Waals surface area contributed by atoms with Crippen molar-refractivity contribution < 1.29 is 42.9 Å². The number of carbonyl (C=O) groups excluding carboxylic acids is 4. The Bertz CT molecular complexity index is 5200. The number of furan rings is 1. The fourth-order valence-corrected chi connectivity index (χ4v) is 14.1. The number of amides is 3. The first-order valence-corrected chi connectivity index (χ1v) is 36.2. The maximum atomic E-state index is 13.8. The second-order valence-electron chi connectivity index (χ2n) is 26.6. The predicted octanol–water partition coefficient (Wildman–Crippen LogP) is 10.9. The van der Waals surface area contributed by atoms with E-state index >= 15 is 0 Å². The summed E-state index contributed by atoms with van der Waals surface area (Å²) in [5.74, 6) is -0.205. The molecule has 0 N–H and O–H groups in total. The minimum Gasteiger partial charge on any atom is -0.497 e. The van der Waals surface area contributed by atoms with Crippen molar-refractivity contribution in [3.8, 4) is 5.75 Å². The first-order valence-electron chi connectivity index (χ1n) is 35.1. The van der Waals surface area contributed by atoms with Crippen LogP contribution in [0.5, 0.6) is 5.75 Å². The zero-order valence-corrected chi connectivity index (χ0v) is 63.1. The van der Waals surface area contributed by atoms with Crippen LogP contribution < -0.4 is 36.1 Å². The second-order valence-corrected chi connectivity index (χ2v) is 27.9. The zero-order chi connectivity index (χ0) is 77.2. The largest absolute Gasteiger partial charge is 0.497 e. The van der Waals surface area contributed by atoms with E-state index in [0.717, 1.165) is 22.0 Å². The first kappa shape index (κ1) is 78.0. The molecule has 0 spiro atoms. The average molecular weight is 1530 g/mol. The predicted molar refractivity (Wildman–Crippen MR) is 419 cm³/mol. The molecule has 3 fully saturated rings. The number of halogens is 3. The lowest BCUT2D eigenvalue weighted by Gasteiger charge is -2.37.